The van der Waals surface area contributed by atoms with Crippen LogP contribution < -0.4 is 10.2 Å². The summed E-state index contributed by atoms with van der Waals surface area (Å²) in [5.74, 6) is 0.360. The third kappa shape index (κ3) is 5.81. The average molecular weight is 389 g/mol. The largest absolute Gasteiger partial charge is 0.484 e. The van der Waals surface area contributed by atoms with E-state index in [0.717, 1.165) is 10.0 Å². The molecule has 0 aromatic heterocycles. The molecule has 0 spiro atoms. The first-order valence-electron chi connectivity index (χ1n) is 7.65. The number of ether oxygens (including phenoxy) is 1. The maximum Gasteiger partial charge on any atom is 0.277 e. The fourth-order valence-corrected chi connectivity index (χ4v) is 2.22. The molecule has 1 N–H and O–H groups in total. The van der Waals surface area contributed by atoms with Crippen molar-refractivity contribution in [2.75, 3.05) is 6.61 Å². The smallest absolute Gasteiger partial charge is 0.277 e. The Morgan fingerprint density at radius 2 is 1.75 bits per heavy atom. The fraction of sp³-hybridized carbons (Fsp3) is 0.263. The van der Waals surface area contributed by atoms with Gasteiger partial charge in [-0.15, -0.1) is 0 Å². The van der Waals surface area contributed by atoms with Crippen molar-refractivity contribution in [3.8, 4) is 5.75 Å². The molecule has 126 valence electrons. The standard InChI is InChI=1S/C19H21BrN2O2/c1-19(2,3)15-6-10-17(11-7-15)24-13-18(23)22-21-12-14-4-8-16(20)9-5-14/h4-12H,13H2,1-3H3,(H,22,23)/b21-12+. The molecule has 0 fully saturated rings. The lowest BCUT2D eigenvalue weighted by atomic mass is 9.87. The fourth-order valence-electron chi connectivity index (χ4n) is 1.96. The van der Waals surface area contributed by atoms with Crippen molar-refractivity contribution < 1.29 is 9.53 Å². The Labute approximate surface area is 151 Å². The third-order valence-electron chi connectivity index (χ3n) is 3.36. The Balaban J connectivity index is 1.79. The molecule has 0 radical (unpaired) electrons. The predicted molar refractivity (Wildman–Crippen MR) is 101 cm³/mol. The van der Waals surface area contributed by atoms with Gasteiger partial charge in [-0.05, 0) is 40.8 Å². The Bertz CT molecular complexity index is 702. The van der Waals surface area contributed by atoms with Crippen LogP contribution in [0.4, 0.5) is 0 Å². The van der Waals surface area contributed by atoms with Crippen LogP contribution in [-0.4, -0.2) is 18.7 Å². The highest BCUT2D eigenvalue weighted by atomic mass is 79.9. The first-order chi connectivity index (χ1) is 11.3. The number of carbonyl (C=O) groups excluding carboxylic acids is 1. The van der Waals surface area contributed by atoms with Gasteiger partial charge in [0.15, 0.2) is 6.61 Å². The lowest BCUT2D eigenvalue weighted by Gasteiger charge is -2.19. The maximum absolute atomic E-state index is 11.7. The van der Waals surface area contributed by atoms with Crippen LogP contribution >= 0.6 is 15.9 Å². The second-order valence-electron chi connectivity index (χ2n) is 6.41. The minimum absolute atomic E-state index is 0.0768. The zero-order valence-corrected chi connectivity index (χ0v) is 15.6. The molecule has 0 bridgehead atoms. The number of amides is 1. The van der Waals surface area contributed by atoms with E-state index in [0.29, 0.717) is 5.75 Å². The molecule has 1 amide bonds. The van der Waals surface area contributed by atoms with Gasteiger partial charge in [-0.3, -0.25) is 4.79 Å². The first kappa shape index (κ1) is 18.2. The SMILES string of the molecule is CC(C)(C)c1ccc(OCC(=O)N/N=C/c2ccc(Br)cc2)cc1. The van der Waals surface area contributed by atoms with E-state index in [1.54, 1.807) is 6.21 Å². The summed E-state index contributed by atoms with van der Waals surface area (Å²) in [5, 5.41) is 3.91. The molecule has 24 heavy (non-hydrogen) atoms. The van der Waals surface area contributed by atoms with Crippen molar-refractivity contribution in [3.05, 3.63) is 64.1 Å². The van der Waals surface area contributed by atoms with Gasteiger partial charge in [0, 0.05) is 4.47 Å². The molecule has 0 saturated carbocycles. The maximum atomic E-state index is 11.7. The van der Waals surface area contributed by atoms with Crippen molar-refractivity contribution in [2.24, 2.45) is 5.10 Å². The number of hydrogen-bond acceptors (Lipinski definition) is 3. The average Bonchev–Trinajstić information content (AvgIpc) is 2.54. The first-order valence-corrected chi connectivity index (χ1v) is 8.45. The number of carbonyl (C=O) groups is 1. The summed E-state index contributed by atoms with van der Waals surface area (Å²) < 4.78 is 6.46. The van der Waals surface area contributed by atoms with Crippen LogP contribution in [0.15, 0.2) is 58.1 Å². The molecule has 2 aromatic carbocycles. The van der Waals surface area contributed by atoms with Crippen LogP contribution in [-0.2, 0) is 10.2 Å². The summed E-state index contributed by atoms with van der Waals surface area (Å²) in [6.45, 7) is 6.38. The van der Waals surface area contributed by atoms with E-state index in [1.165, 1.54) is 5.56 Å². The second-order valence-corrected chi connectivity index (χ2v) is 7.32. The Morgan fingerprint density at radius 3 is 2.33 bits per heavy atom. The quantitative estimate of drug-likeness (QED) is 0.613. The Morgan fingerprint density at radius 1 is 1.12 bits per heavy atom. The van der Waals surface area contributed by atoms with Gasteiger partial charge in [-0.2, -0.15) is 5.10 Å². The normalized spacial score (nSPS) is 11.5. The van der Waals surface area contributed by atoms with Crippen LogP contribution in [0.25, 0.3) is 0 Å². The summed E-state index contributed by atoms with van der Waals surface area (Å²) in [6.07, 6.45) is 1.59. The van der Waals surface area contributed by atoms with Crippen molar-refractivity contribution in [2.45, 2.75) is 26.2 Å². The van der Waals surface area contributed by atoms with Gasteiger partial charge in [0.05, 0.1) is 6.21 Å². The molecule has 0 aliphatic heterocycles. The van der Waals surface area contributed by atoms with Crippen molar-refractivity contribution in [1.29, 1.82) is 0 Å². The molecule has 2 aromatic rings. The Hall–Kier alpha value is -2.14. The van der Waals surface area contributed by atoms with Gasteiger partial charge in [0.25, 0.3) is 5.91 Å². The zero-order chi connectivity index (χ0) is 17.6. The summed E-state index contributed by atoms with van der Waals surface area (Å²) in [7, 11) is 0. The lowest BCUT2D eigenvalue weighted by molar-refractivity contribution is -0.123. The van der Waals surface area contributed by atoms with E-state index in [1.807, 2.05) is 48.5 Å². The van der Waals surface area contributed by atoms with Crippen LogP contribution in [0.3, 0.4) is 0 Å². The minimum Gasteiger partial charge on any atom is -0.484 e. The van der Waals surface area contributed by atoms with E-state index in [4.69, 9.17) is 4.74 Å². The zero-order valence-electron chi connectivity index (χ0n) is 14.0. The number of hydrazone groups is 1. The molecule has 0 aliphatic rings. The topological polar surface area (TPSA) is 50.7 Å². The molecule has 0 atom stereocenters. The van der Waals surface area contributed by atoms with E-state index in [-0.39, 0.29) is 17.9 Å². The van der Waals surface area contributed by atoms with E-state index < -0.39 is 0 Å². The van der Waals surface area contributed by atoms with Crippen molar-refractivity contribution >= 4 is 28.1 Å². The summed E-state index contributed by atoms with van der Waals surface area (Å²) in [6, 6.07) is 15.4. The molecule has 5 heteroatoms. The Kier molecular flexibility index (Phi) is 6.15. The molecule has 0 saturated heterocycles. The van der Waals surface area contributed by atoms with Crippen molar-refractivity contribution in [1.82, 2.24) is 5.43 Å². The van der Waals surface area contributed by atoms with Crippen LogP contribution in [0.2, 0.25) is 0 Å². The number of nitrogens with zero attached hydrogens (tertiary/aromatic N) is 1. The van der Waals surface area contributed by atoms with E-state index >= 15 is 0 Å². The molecular formula is C19H21BrN2O2. The van der Waals surface area contributed by atoms with Crippen LogP contribution in [0.5, 0.6) is 5.75 Å². The summed E-state index contributed by atoms with van der Waals surface area (Å²) in [4.78, 5) is 11.7. The van der Waals surface area contributed by atoms with Gasteiger partial charge in [0.2, 0.25) is 0 Å². The highest BCUT2D eigenvalue weighted by Gasteiger charge is 2.13. The highest BCUT2D eigenvalue weighted by molar-refractivity contribution is 9.10. The number of hydrogen-bond donors (Lipinski definition) is 1. The molecular weight excluding hydrogens is 368 g/mol. The minimum atomic E-state index is -0.303. The second kappa shape index (κ2) is 8.11. The molecule has 0 aliphatic carbocycles. The number of rotatable bonds is 5. The predicted octanol–water partition coefficient (Wildman–Crippen LogP) is 4.28. The lowest BCUT2D eigenvalue weighted by Crippen LogP contribution is -2.24. The monoisotopic (exact) mass is 388 g/mol. The van der Waals surface area contributed by atoms with Crippen LogP contribution in [0.1, 0.15) is 31.9 Å². The van der Waals surface area contributed by atoms with Gasteiger partial charge in [-0.25, -0.2) is 5.43 Å². The van der Waals surface area contributed by atoms with Gasteiger partial charge in [0.1, 0.15) is 5.75 Å². The van der Waals surface area contributed by atoms with Gasteiger partial charge < -0.3 is 4.74 Å². The summed E-state index contributed by atoms with van der Waals surface area (Å²) >= 11 is 3.36. The number of nitrogens with one attached hydrogen (secondary N) is 1. The molecule has 2 rings (SSSR count). The molecule has 4 nitrogen and oxygen atoms in total. The van der Waals surface area contributed by atoms with E-state index in [2.05, 4.69) is 47.2 Å². The number of halogens is 1. The van der Waals surface area contributed by atoms with Crippen molar-refractivity contribution in [3.63, 3.8) is 0 Å². The van der Waals surface area contributed by atoms with Crippen LogP contribution in [0, 0.1) is 0 Å². The number of benzene rings is 2. The highest BCUT2D eigenvalue weighted by Crippen LogP contribution is 2.24. The summed E-state index contributed by atoms with van der Waals surface area (Å²) in [5.41, 5.74) is 4.66. The van der Waals surface area contributed by atoms with Gasteiger partial charge in [-0.1, -0.05) is 61.0 Å². The van der Waals surface area contributed by atoms with Gasteiger partial charge >= 0.3 is 0 Å². The van der Waals surface area contributed by atoms with E-state index in [9.17, 15) is 4.79 Å². The molecule has 0 unspecified atom stereocenters. The molecule has 0 heterocycles. The third-order valence-corrected chi connectivity index (χ3v) is 3.89.